The molecule has 3 aromatic rings. The Morgan fingerprint density at radius 1 is 1.15 bits per heavy atom. The molecule has 0 saturated heterocycles. The van der Waals surface area contributed by atoms with Crippen molar-refractivity contribution in [2.45, 2.75) is 5.33 Å². The molecule has 3 N–H and O–H groups in total. The Kier molecular flexibility index (Phi) is 7.17. The predicted octanol–water partition coefficient (Wildman–Crippen LogP) is 1.76. The first kappa shape index (κ1) is 20.7. The summed E-state index contributed by atoms with van der Waals surface area (Å²) in [6.45, 7) is 0. The first-order chi connectivity index (χ1) is 12.8. The fourth-order valence-corrected chi connectivity index (χ4v) is 2.71. The molecule has 0 bridgehead atoms. The van der Waals surface area contributed by atoms with Crippen LogP contribution >= 0.6 is 15.9 Å². The van der Waals surface area contributed by atoms with Gasteiger partial charge in [-0.2, -0.15) is 0 Å². The fourth-order valence-electron chi connectivity index (χ4n) is 2.25. The van der Waals surface area contributed by atoms with Crippen LogP contribution in [-0.4, -0.2) is 35.4 Å². The van der Waals surface area contributed by atoms with E-state index in [0.29, 0.717) is 16.7 Å². The van der Waals surface area contributed by atoms with E-state index in [2.05, 4.69) is 15.9 Å². The van der Waals surface area contributed by atoms with Crippen LogP contribution in [0.25, 0.3) is 11.0 Å². The van der Waals surface area contributed by atoms with Gasteiger partial charge < -0.3 is 24.3 Å². The van der Waals surface area contributed by atoms with E-state index in [1.54, 1.807) is 13.2 Å². The van der Waals surface area contributed by atoms with Gasteiger partial charge in [0, 0.05) is 22.8 Å². The Bertz CT molecular complexity index is 983. The zero-order valence-electron chi connectivity index (χ0n) is 14.3. The van der Waals surface area contributed by atoms with Gasteiger partial charge in [0.25, 0.3) is 0 Å². The van der Waals surface area contributed by atoms with Crippen LogP contribution in [0.2, 0.25) is 0 Å². The summed E-state index contributed by atoms with van der Waals surface area (Å²) in [6.07, 6.45) is 0. The Morgan fingerprint density at radius 2 is 1.81 bits per heavy atom. The molecular weight excluding hydrogens is 419 g/mol. The van der Waals surface area contributed by atoms with Crippen molar-refractivity contribution in [3.8, 4) is 5.75 Å². The minimum absolute atomic E-state index is 0.124. The molecule has 2 aromatic carbocycles. The van der Waals surface area contributed by atoms with Crippen LogP contribution in [0.3, 0.4) is 0 Å². The largest absolute Gasteiger partial charge is 0.497 e. The van der Waals surface area contributed by atoms with Gasteiger partial charge in [-0.1, -0.05) is 28.1 Å². The lowest BCUT2D eigenvalue weighted by molar-refractivity contribution is 0.0697. The molecule has 0 fully saturated rings. The molecule has 0 aliphatic rings. The molecule has 27 heavy (non-hydrogen) atoms. The molecule has 7 nitrogen and oxygen atoms in total. The zero-order valence-corrected chi connectivity index (χ0v) is 15.8. The molecular formula is C18H16BBrO7. The number of hydrogen-bond acceptors (Lipinski definition) is 6. The minimum atomic E-state index is -1.55. The first-order valence-electron chi connectivity index (χ1n) is 7.72. The van der Waals surface area contributed by atoms with Crippen molar-refractivity contribution in [1.29, 1.82) is 0 Å². The van der Waals surface area contributed by atoms with Gasteiger partial charge in [0.1, 0.15) is 11.3 Å². The minimum Gasteiger partial charge on any atom is -0.497 e. The molecule has 0 spiro atoms. The van der Waals surface area contributed by atoms with Crippen molar-refractivity contribution >= 4 is 45.4 Å². The van der Waals surface area contributed by atoms with Crippen LogP contribution in [0.1, 0.15) is 15.9 Å². The van der Waals surface area contributed by atoms with E-state index in [1.807, 2.05) is 12.1 Å². The number of benzene rings is 2. The highest BCUT2D eigenvalue weighted by molar-refractivity contribution is 9.08. The summed E-state index contributed by atoms with van der Waals surface area (Å²) in [5.41, 5.74) is 1.53. The van der Waals surface area contributed by atoms with Crippen LogP contribution in [-0.2, 0) is 5.33 Å². The number of rotatable bonds is 4. The summed E-state index contributed by atoms with van der Waals surface area (Å²) in [5, 5.41) is 27.4. The van der Waals surface area contributed by atoms with Gasteiger partial charge in [-0.25, -0.2) is 9.59 Å². The molecule has 140 valence electrons. The number of fused-ring (bicyclic) bond motifs is 1. The number of carbonyl (C=O) groups is 1. The Labute approximate surface area is 163 Å². The summed E-state index contributed by atoms with van der Waals surface area (Å²) in [5.74, 6) is -0.355. The van der Waals surface area contributed by atoms with Crippen molar-refractivity contribution < 1.29 is 29.1 Å². The van der Waals surface area contributed by atoms with E-state index >= 15 is 0 Å². The summed E-state index contributed by atoms with van der Waals surface area (Å²) in [6, 6.07) is 12.3. The van der Waals surface area contributed by atoms with E-state index in [1.165, 1.54) is 30.3 Å². The summed E-state index contributed by atoms with van der Waals surface area (Å²) in [7, 11) is 0.0287. The van der Waals surface area contributed by atoms with Crippen LogP contribution < -0.4 is 15.8 Å². The number of carboxylic acids is 1. The summed E-state index contributed by atoms with van der Waals surface area (Å²) >= 11 is 3.34. The van der Waals surface area contributed by atoms with Gasteiger partial charge in [-0.3, -0.25) is 0 Å². The maximum atomic E-state index is 11.2. The number of alkyl halides is 1. The number of aromatic carboxylic acids is 1. The third kappa shape index (κ3) is 5.43. The lowest BCUT2D eigenvalue weighted by atomic mass is 9.80. The van der Waals surface area contributed by atoms with Crippen molar-refractivity contribution in [3.63, 3.8) is 0 Å². The second-order valence-electron chi connectivity index (χ2n) is 5.39. The predicted molar refractivity (Wildman–Crippen MR) is 105 cm³/mol. The zero-order chi connectivity index (χ0) is 20.0. The third-order valence-electron chi connectivity index (χ3n) is 3.64. The molecule has 0 aliphatic carbocycles. The van der Waals surface area contributed by atoms with Crippen LogP contribution in [0.5, 0.6) is 5.75 Å². The quantitative estimate of drug-likeness (QED) is 0.325. The van der Waals surface area contributed by atoms with Crippen LogP contribution in [0.4, 0.5) is 0 Å². The highest BCUT2D eigenvalue weighted by Crippen LogP contribution is 2.23. The normalized spacial score (nSPS) is 10.1. The third-order valence-corrected chi connectivity index (χ3v) is 4.24. The van der Waals surface area contributed by atoms with Gasteiger partial charge in [0.05, 0.1) is 12.7 Å². The van der Waals surface area contributed by atoms with E-state index in [0.717, 1.165) is 10.9 Å². The van der Waals surface area contributed by atoms with Gasteiger partial charge >= 0.3 is 18.7 Å². The number of methoxy groups -OCH3 is 1. The molecule has 0 unspecified atom stereocenters. The maximum Gasteiger partial charge on any atom is 0.488 e. The highest BCUT2D eigenvalue weighted by atomic mass is 79.9. The summed E-state index contributed by atoms with van der Waals surface area (Å²) in [4.78, 5) is 21.6. The van der Waals surface area contributed by atoms with Gasteiger partial charge in [-0.05, 0) is 35.3 Å². The van der Waals surface area contributed by atoms with Crippen molar-refractivity contribution in [1.82, 2.24) is 0 Å². The average molecular weight is 435 g/mol. The van der Waals surface area contributed by atoms with Gasteiger partial charge in [0.2, 0.25) is 0 Å². The summed E-state index contributed by atoms with van der Waals surface area (Å²) < 4.78 is 10.2. The van der Waals surface area contributed by atoms with Crippen LogP contribution in [0, 0.1) is 0 Å². The Balaban J connectivity index is 0.000000199. The smallest absolute Gasteiger partial charge is 0.488 e. The molecule has 0 amide bonds. The number of ether oxygens (including phenoxy) is 1. The maximum absolute atomic E-state index is 11.2. The van der Waals surface area contributed by atoms with E-state index < -0.39 is 13.1 Å². The molecule has 0 radical (unpaired) electrons. The van der Waals surface area contributed by atoms with E-state index in [9.17, 15) is 9.59 Å². The lowest BCUT2D eigenvalue weighted by Crippen LogP contribution is -2.29. The standard InChI is InChI=1S/C11H9BrO3.C7H7BO4/c1-14-8-2-3-9-7(6-12)4-11(13)15-10(9)5-8;9-7(10)5-1-3-6(4-2-5)8(11)12/h2-5H,6H2,1H3;1-4,11-12H,(H,9,10). The number of halogens is 1. The average Bonchev–Trinajstić information content (AvgIpc) is 2.67. The Morgan fingerprint density at radius 3 is 2.33 bits per heavy atom. The van der Waals surface area contributed by atoms with Crippen LogP contribution in [0.15, 0.2) is 57.7 Å². The second-order valence-corrected chi connectivity index (χ2v) is 5.95. The fraction of sp³-hybridized carbons (Fsp3) is 0.111. The molecule has 1 heterocycles. The highest BCUT2D eigenvalue weighted by Gasteiger charge is 2.11. The van der Waals surface area contributed by atoms with Crippen molar-refractivity contribution in [3.05, 3.63) is 70.1 Å². The molecule has 9 heteroatoms. The molecule has 3 rings (SSSR count). The van der Waals surface area contributed by atoms with Crippen molar-refractivity contribution in [2.75, 3.05) is 7.11 Å². The topological polar surface area (TPSA) is 117 Å². The lowest BCUT2D eigenvalue weighted by Gasteiger charge is -2.04. The van der Waals surface area contributed by atoms with Gasteiger partial charge in [0.15, 0.2) is 0 Å². The Hall–Kier alpha value is -2.62. The molecule has 0 atom stereocenters. The SMILES string of the molecule is COc1ccc2c(CBr)cc(=O)oc2c1.O=C(O)c1ccc(B(O)O)cc1. The van der Waals surface area contributed by atoms with Gasteiger partial charge in [-0.15, -0.1) is 0 Å². The molecule has 1 aromatic heterocycles. The molecule has 0 aliphatic heterocycles. The second kappa shape index (κ2) is 9.36. The molecule has 0 saturated carbocycles. The monoisotopic (exact) mass is 434 g/mol. The van der Waals surface area contributed by atoms with E-state index in [4.69, 9.17) is 24.3 Å². The number of carboxylic acid groups (broad SMARTS) is 1. The van der Waals surface area contributed by atoms with Crippen molar-refractivity contribution in [2.24, 2.45) is 0 Å². The first-order valence-corrected chi connectivity index (χ1v) is 8.84. The number of hydrogen-bond donors (Lipinski definition) is 3. The van der Waals surface area contributed by atoms with E-state index in [-0.39, 0.29) is 16.7 Å².